The maximum absolute atomic E-state index is 11.7. The Bertz CT molecular complexity index is 206. The lowest BCUT2D eigenvalue weighted by Gasteiger charge is -2.25. The van der Waals surface area contributed by atoms with Gasteiger partial charge in [-0.2, -0.15) is 0 Å². The zero-order valence-electron chi connectivity index (χ0n) is 9.58. The summed E-state index contributed by atoms with van der Waals surface area (Å²) >= 11 is 0. The highest BCUT2D eigenvalue weighted by molar-refractivity contribution is 5.83. The zero-order chi connectivity index (χ0) is 10.7. The van der Waals surface area contributed by atoms with E-state index in [0.717, 1.165) is 19.5 Å². The van der Waals surface area contributed by atoms with Gasteiger partial charge in [0.25, 0.3) is 0 Å². The topological polar surface area (TPSA) is 35.6 Å². The number of carbonyl (C=O) groups is 1. The predicted octanol–water partition coefficient (Wildman–Crippen LogP) is -0.243. The van der Waals surface area contributed by atoms with Crippen LogP contribution in [0.2, 0.25) is 0 Å². The van der Waals surface area contributed by atoms with Gasteiger partial charge in [0.05, 0.1) is 6.04 Å². The lowest BCUT2D eigenvalue weighted by atomic mass is 10.2. The molecule has 1 aliphatic heterocycles. The minimum Gasteiger partial charge on any atom is -0.340 e. The van der Waals surface area contributed by atoms with Crippen molar-refractivity contribution in [2.75, 3.05) is 34.2 Å². The average molecular weight is 199 g/mol. The summed E-state index contributed by atoms with van der Waals surface area (Å²) < 4.78 is 0. The van der Waals surface area contributed by atoms with Gasteiger partial charge in [-0.3, -0.25) is 4.79 Å². The van der Waals surface area contributed by atoms with Crippen molar-refractivity contribution < 1.29 is 4.79 Å². The summed E-state index contributed by atoms with van der Waals surface area (Å²) in [5.74, 6) is 0.251. The number of nitrogens with zero attached hydrogens (tertiary/aromatic N) is 2. The normalized spacial score (nSPS) is 24.8. The lowest BCUT2D eigenvalue weighted by Crippen LogP contribution is -2.42. The number of hydrogen-bond acceptors (Lipinski definition) is 3. The van der Waals surface area contributed by atoms with Crippen LogP contribution in [0.15, 0.2) is 0 Å². The van der Waals surface area contributed by atoms with Gasteiger partial charge in [-0.1, -0.05) is 0 Å². The standard InChI is InChI=1S/C10H21N3O/c1-8(12(3)4)7-13-6-5-9(11-2)10(13)14/h8-9,11H,5-7H2,1-4H3. The van der Waals surface area contributed by atoms with Crippen LogP contribution >= 0.6 is 0 Å². The SMILES string of the molecule is CNC1CCN(CC(C)N(C)C)C1=O. The third-order valence-corrected chi connectivity index (χ3v) is 3.01. The van der Waals surface area contributed by atoms with Crippen LogP contribution < -0.4 is 5.32 Å². The maximum atomic E-state index is 11.7. The van der Waals surface area contributed by atoms with Gasteiger partial charge in [0, 0.05) is 19.1 Å². The van der Waals surface area contributed by atoms with Crippen LogP contribution in [-0.4, -0.2) is 62.0 Å². The van der Waals surface area contributed by atoms with E-state index in [4.69, 9.17) is 0 Å². The van der Waals surface area contributed by atoms with Gasteiger partial charge in [0.15, 0.2) is 0 Å². The van der Waals surface area contributed by atoms with E-state index < -0.39 is 0 Å². The van der Waals surface area contributed by atoms with E-state index in [1.807, 2.05) is 26.0 Å². The van der Waals surface area contributed by atoms with E-state index in [1.165, 1.54) is 0 Å². The maximum Gasteiger partial charge on any atom is 0.239 e. The van der Waals surface area contributed by atoms with Crippen molar-refractivity contribution in [1.29, 1.82) is 0 Å². The Morgan fingerprint density at radius 3 is 2.71 bits per heavy atom. The van der Waals surface area contributed by atoms with E-state index in [-0.39, 0.29) is 11.9 Å². The fourth-order valence-electron chi connectivity index (χ4n) is 1.67. The summed E-state index contributed by atoms with van der Waals surface area (Å²) in [7, 11) is 5.93. The molecule has 0 aromatic heterocycles. The fraction of sp³-hybridized carbons (Fsp3) is 0.900. The molecule has 1 saturated heterocycles. The second-order valence-electron chi connectivity index (χ2n) is 4.23. The molecule has 1 N–H and O–H groups in total. The molecule has 2 unspecified atom stereocenters. The third-order valence-electron chi connectivity index (χ3n) is 3.01. The molecule has 0 aromatic rings. The third kappa shape index (κ3) is 2.45. The van der Waals surface area contributed by atoms with Crippen molar-refractivity contribution in [2.45, 2.75) is 25.4 Å². The molecular formula is C10H21N3O. The smallest absolute Gasteiger partial charge is 0.239 e. The molecule has 1 aliphatic rings. The Hall–Kier alpha value is -0.610. The van der Waals surface area contributed by atoms with Crippen LogP contribution in [0.5, 0.6) is 0 Å². The van der Waals surface area contributed by atoms with Crippen LogP contribution in [0, 0.1) is 0 Å². The Balaban J connectivity index is 2.44. The first-order chi connectivity index (χ1) is 6.56. The van der Waals surface area contributed by atoms with Crippen molar-refractivity contribution in [1.82, 2.24) is 15.1 Å². The second-order valence-corrected chi connectivity index (χ2v) is 4.23. The minimum absolute atomic E-state index is 0.0457. The van der Waals surface area contributed by atoms with Crippen molar-refractivity contribution in [3.63, 3.8) is 0 Å². The Morgan fingerprint density at radius 1 is 1.64 bits per heavy atom. The van der Waals surface area contributed by atoms with Gasteiger partial charge in [0.1, 0.15) is 0 Å². The van der Waals surface area contributed by atoms with Crippen molar-refractivity contribution in [3.8, 4) is 0 Å². The molecule has 4 nitrogen and oxygen atoms in total. The molecule has 0 saturated carbocycles. The van der Waals surface area contributed by atoms with Crippen LogP contribution in [0.4, 0.5) is 0 Å². The van der Waals surface area contributed by atoms with Crippen molar-refractivity contribution >= 4 is 5.91 Å². The Morgan fingerprint density at radius 2 is 2.29 bits per heavy atom. The summed E-state index contributed by atoms with van der Waals surface area (Å²) in [5.41, 5.74) is 0. The number of hydrogen-bond donors (Lipinski definition) is 1. The molecule has 1 fully saturated rings. The monoisotopic (exact) mass is 199 g/mol. The average Bonchev–Trinajstić information content (AvgIpc) is 2.47. The van der Waals surface area contributed by atoms with E-state index in [2.05, 4.69) is 17.1 Å². The van der Waals surface area contributed by atoms with Crippen molar-refractivity contribution in [2.24, 2.45) is 0 Å². The molecule has 0 bridgehead atoms. The number of likely N-dealkylation sites (tertiary alicyclic amines) is 1. The van der Waals surface area contributed by atoms with Crippen LogP contribution in [0.1, 0.15) is 13.3 Å². The summed E-state index contributed by atoms with van der Waals surface area (Å²) in [5, 5.41) is 3.04. The summed E-state index contributed by atoms with van der Waals surface area (Å²) in [6.07, 6.45) is 0.940. The number of likely N-dealkylation sites (N-methyl/N-ethyl adjacent to an activating group) is 2. The quantitative estimate of drug-likeness (QED) is 0.678. The highest BCUT2D eigenvalue weighted by Gasteiger charge is 2.30. The Kier molecular flexibility index (Phi) is 3.89. The molecule has 1 amide bonds. The second kappa shape index (κ2) is 4.75. The lowest BCUT2D eigenvalue weighted by molar-refractivity contribution is -0.129. The number of amides is 1. The summed E-state index contributed by atoms with van der Waals surface area (Å²) in [4.78, 5) is 15.8. The number of rotatable bonds is 4. The fourth-order valence-corrected chi connectivity index (χ4v) is 1.67. The van der Waals surface area contributed by atoms with Crippen LogP contribution in [0.3, 0.4) is 0 Å². The van der Waals surface area contributed by atoms with E-state index in [9.17, 15) is 4.79 Å². The van der Waals surface area contributed by atoms with E-state index in [1.54, 1.807) is 0 Å². The summed E-state index contributed by atoms with van der Waals surface area (Å²) in [6, 6.07) is 0.471. The van der Waals surface area contributed by atoms with Gasteiger partial charge in [0.2, 0.25) is 5.91 Å². The predicted molar refractivity (Wildman–Crippen MR) is 57.2 cm³/mol. The van der Waals surface area contributed by atoms with Gasteiger partial charge in [-0.05, 0) is 34.5 Å². The van der Waals surface area contributed by atoms with Gasteiger partial charge < -0.3 is 15.1 Å². The molecule has 1 heterocycles. The van der Waals surface area contributed by atoms with Crippen LogP contribution in [-0.2, 0) is 4.79 Å². The highest BCUT2D eigenvalue weighted by atomic mass is 16.2. The molecule has 0 aliphatic carbocycles. The molecule has 2 atom stereocenters. The van der Waals surface area contributed by atoms with Gasteiger partial charge >= 0.3 is 0 Å². The molecular weight excluding hydrogens is 178 g/mol. The summed E-state index contributed by atoms with van der Waals surface area (Å²) in [6.45, 7) is 3.87. The van der Waals surface area contributed by atoms with Crippen LogP contribution in [0.25, 0.3) is 0 Å². The molecule has 4 heteroatoms. The van der Waals surface area contributed by atoms with E-state index in [0.29, 0.717) is 6.04 Å². The largest absolute Gasteiger partial charge is 0.340 e. The molecule has 0 aromatic carbocycles. The van der Waals surface area contributed by atoms with Gasteiger partial charge in [-0.15, -0.1) is 0 Å². The van der Waals surface area contributed by atoms with Crippen molar-refractivity contribution in [3.05, 3.63) is 0 Å². The first kappa shape index (κ1) is 11.5. The number of nitrogens with one attached hydrogen (secondary N) is 1. The van der Waals surface area contributed by atoms with Gasteiger partial charge in [-0.25, -0.2) is 0 Å². The highest BCUT2D eigenvalue weighted by Crippen LogP contribution is 2.11. The zero-order valence-corrected chi connectivity index (χ0v) is 9.58. The Labute approximate surface area is 86.2 Å². The van der Waals surface area contributed by atoms with E-state index >= 15 is 0 Å². The minimum atomic E-state index is 0.0457. The molecule has 0 spiro atoms. The molecule has 0 radical (unpaired) electrons. The first-order valence-corrected chi connectivity index (χ1v) is 5.18. The molecule has 82 valence electrons. The number of carbonyl (C=O) groups excluding carboxylic acids is 1. The molecule has 14 heavy (non-hydrogen) atoms. The first-order valence-electron chi connectivity index (χ1n) is 5.18. The molecule has 1 rings (SSSR count).